The Morgan fingerprint density at radius 1 is 0.913 bits per heavy atom. The fourth-order valence-electron chi connectivity index (χ4n) is 2.27. The second-order valence-electron chi connectivity index (χ2n) is 5.27. The maximum absolute atomic E-state index is 12.3. The summed E-state index contributed by atoms with van der Waals surface area (Å²) in [4.78, 5) is 16.4. The summed E-state index contributed by atoms with van der Waals surface area (Å²) >= 11 is 0. The first-order valence-corrected chi connectivity index (χ1v) is 7.36. The first-order chi connectivity index (χ1) is 11.2. The van der Waals surface area contributed by atoms with Crippen LogP contribution < -0.4 is 10.6 Å². The summed E-state index contributed by atoms with van der Waals surface area (Å²) in [6.45, 7) is 1.97. The standard InChI is InChI=1S/C19H17N3O/c1-14-5-2-6-15(11-14)19(23)22-17-8-3-7-16(12-17)21-18-9-4-10-20-13-18/h2-13,21H,1H3,(H,22,23). The largest absolute Gasteiger partial charge is 0.354 e. The van der Waals surface area contributed by atoms with Crippen LogP contribution in [0, 0.1) is 6.92 Å². The molecule has 3 rings (SSSR count). The molecule has 3 aromatic rings. The number of benzene rings is 2. The van der Waals surface area contributed by atoms with Crippen LogP contribution >= 0.6 is 0 Å². The normalized spacial score (nSPS) is 10.1. The number of rotatable bonds is 4. The SMILES string of the molecule is Cc1cccc(C(=O)Nc2cccc(Nc3cccnc3)c2)c1. The molecule has 0 fully saturated rings. The van der Waals surface area contributed by atoms with Crippen molar-refractivity contribution < 1.29 is 4.79 Å². The van der Waals surface area contributed by atoms with Gasteiger partial charge in [-0.2, -0.15) is 0 Å². The predicted octanol–water partition coefficient (Wildman–Crippen LogP) is 4.39. The van der Waals surface area contributed by atoms with Crippen molar-refractivity contribution in [3.63, 3.8) is 0 Å². The third-order valence-corrected chi connectivity index (χ3v) is 3.35. The van der Waals surface area contributed by atoms with Gasteiger partial charge in [-0.1, -0.05) is 23.8 Å². The molecule has 0 aliphatic carbocycles. The van der Waals surface area contributed by atoms with E-state index in [9.17, 15) is 4.79 Å². The Labute approximate surface area is 135 Å². The number of aromatic nitrogens is 1. The first kappa shape index (κ1) is 14.8. The number of carbonyl (C=O) groups excluding carboxylic acids is 1. The summed E-state index contributed by atoms with van der Waals surface area (Å²) in [6, 6.07) is 18.9. The number of amides is 1. The van der Waals surface area contributed by atoms with Crippen LogP contribution in [0.5, 0.6) is 0 Å². The molecule has 23 heavy (non-hydrogen) atoms. The van der Waals surface area contributed by atoms with E-state index in [4.69, 9.17) is 0 Å². The molecular weight excluding hydrogens is 286 g/mol. The lowest BCUT2D eigenvalue weighted by atomic mass is 10.1. The smallest absolute Gasteiger partial charge is 0.255 e. The lowest BCUT2D eigenvalue weighted by Crippen LogP contribution is -2.12. The highest BCUT2D eigenvalue weighted by molar-refractivity contribution is 6.04. The minimum absolute atomic E-state index is 0.118. The zero-order valence-corrected chi connectivity index (χ0v) is 12.8. The predicted molar refractivity (Wildman–Crippen MR) is 93.1 cm³/mol. The average molecular weight is 303 g/mol. The van der Waals surface area contributed by atoms with E-state index in [0.717, 1.165) is 22.6 Å². The van der Waals surface area contributed by atoms with Gasteiger partial charge in [0.1, 0.15) is 0 Å². The molecule has 114 valence electrons. The molecule has 0 aliphatic rings. The summed E-state index contributed by atoms with van der Waals surface area (Å²) in [6.07, 6.45) is 3.47. The number of anilines is 3. The van der Waals surface area contributed by atoms with E-state index >= 15 is 0 Å². The molecule has 0 saturated carbocycles. The van der Waals surface area contributed by atoms with Crippen molar-refractivity contribution in [1.29, 1.82) is 0 Å². The first-order valence-electron chi connectivity index (χ1n) is 7.36. The van der Waals surface area contributed by atoms with Crippen LogP contribution in [0.25, 0.3) is 0 Å². The molecule has 0 aliphatic heterocycles. The monoisotopic (exact) mass is 303 g/mol. The fraction of sp³-hybridized carbons (Fsp3) is 0.0526. The Bertz CT molecular complexity index is 816. The van der Waals surface area contributed by atoms with Gasteiger partial charge in [0.15, 0.2) is 0 Å². The number of carbonyl (C=O) groups is 1. The molecule has 0 saturated heterocycles. The molecule has 4 heteroatoms. The van der Waals surface area contributed by atoms with Crippen LogP contribution in [-0.2, 0) is 0 Å². The summed E-state index contributed by atoms with van der Waals surface area (Å²) in [5.41, 5.74) is 4.24. The Morgan fingerprint density at radius 2 is 1.70 bits per heavy atom. The van der Waals surface area contributed by atoms with Gasteiger partial charge >= 0.3 is 0 Å². The van der Waals surface area contributed by atoms with Gasteiger partial charge in [0.05, 0.1) is 11.9 Å². The third kappa shape index (κ3) is 3.95. The molecule has 1 aromatic heterocycles. The number of hydrogen-bond acceptors (Lipinski definition) is 3. The van der Waals surface area contributed by atoms with Crippen LogP contribution in [0.4, 0.5) is 17.1 Å². The van der Waals surface area contributed by atoms with Crippen molar-refractivity contribution in [3.05, 3.63) is 84.2 Å². The van der Waals surface area contributed by atoms with Crippen LogP contribution in [0.1, 0.15) is 15.9 Å². The summed E-state index contributed by atoms with van der Waals surface area (Å²) in [7, 11) is 0. The molecule has 2 aromatic carbocycles. The van der Waals surface area contributed by atoms with E-state index in [0.29, 0.717) is 5.56 Å². The van der Waals surface area contributed by atoms with E-state index in [1.165, 1.54) is 0 Å². The van der Waals surface area contributed by atoms with Crippen LogP contribution in [0.15, 0.2) is 73.1 Å². The van der Waals surface area contributed by atoms with Gasteiger partial charge in [-0.05, 0) is 49.4 Å². The molecule has 0 bridgehead atoms. The molecular formula is C19H17N3O. The molecule has 0 atom stereocenters. The van der Waals surface area contributed by atoms with Crippen molar-refractivity contribution in [3.8, 4) is 0 Å². The van der Waals surface area contributed by atoms with Gasteiger partial charge in [-0.15, -0.1) is 0 Å². The summed E-state index contributed by atoms with van der Waals surface area (Å²) < 4.78 is 0. The van der Waals surface area contributed by atoms with Crippen LogP contribution in [0.2, 0.25) is 0 Å². The fourth-order valence-corrected chi connectivity index (χ4v) is 2.27. The number of aryl methyl sites for hydroxylation is 1. The minimum Gasteiger partial charge on any atom is -0.354 e. The molecule has 2 N–H and O–H groups in total. The maximum atomic E-state index is 12.3. The van der Waals surface area contributed by atoms with Crippen molar-refractivity contribution >= 4 is 23.0 Å². The molecule has 0 unspecified atom stereocenters. The van der Waals surface area contributed by atoms with Gasteiger partial charge in [0.2, 0.25) is 0 Å². The second kappa shape index (κ2) is 6.75. The molecule has 0 radical (unpaired) electrons. The van der Waals surface area contributed by atoms with Crippen LogP contribution in [0.3, 0.4) is 0 Å². The Kier molecular flexibility index (Phi) is 4.34. The van der Waals surface area contributed by atoms with Crippen LogP contribution in [-0.4, -0.2) is 10.9 Å². The van der Waals surface area contributed by atoms with Crippen molar-refractivity contribution in [2.45, 2.75) is 6.92 Å². The highest BCUT2D eigenvalue weighted by atomic mass is 16.1. The zero-order chi connectivity index (χ0) is 16.1. The Hall–Kier alpha value is -3.14. The van der Waals surface area contributed by atoms with E-state index in [1.54, 1.807) is 18.5 Å². The number of hydrogen-bond donors (Lipinski definition) is 2. The minimum atomic E-state index is -0.118. The van der Waals surface area contributed by atoms with Crippen molar-refractivity contribution in [1.82, 2.24) is 4.98 Å². The molecule has 4 nitrogen and oxygen atoms in total. The molecule has 1 heterocycles. The quantitative estimate of drug-likeness (QED) is 0.751. The number of nitrogens with zero attached hydrogens (tertiary/aromatic N) is 1. The van der Waals surface area contributed by atoms with Gasteiger partial charge in [0.25, 0.3) is 5.91 Å². The molecule has 0 spiro atoms. The van der Waals surface area contributed by atoms with E-state index in [-0.39, 0.29) is 5.91 Å². The van der Waals surface area contributed by atoms with Crippen molar-refractivity contribution in [2.75, 3.05) is 10.6 Å². The summed E-state index contributed by atoms with van der Waals surface area (Å²) in [5, 5.41) is 6.17. The van der Waals surface area contributed by atoms with E-state index < -0.39 is 0 Å². The number of nitrogens with one attached hydrogen (secondary N) is 2. The maximum Gasteiger partial charge on any atom is 0.255 e. The highest BCUT2D eigenvalue weighted by Crippen LogP contribution is 2.20. The summed E-state index contributed by atoms with van der Waals surface area (Å²) in [5.74, 6) is -0.118. The van der Waals surface area contributed by atoms with Crippen molar-refractivity contribution in [2.24, 2.45) is 0 Å². The topological polar surface area (TPSA) is 54.0 Å². The molecule has 1 amide bonds. The zero-order valence-electron chi connectivity index (χ0n) is 12.8. The second-order valence-corrected chi connectivity index (χ2v) is 5.27. The van der Waals surface area contributed by atoms with Gasteiger partial charge in [-0.25, -0.2) is 0 Å². The van der Waals surface area contributed by atoms with E-state index in [1.807, 2.05) is 61.5 Å². The van der Waals surface area contributed by atoms with Gasteiger partial charge < -0.3 is 10.6 Å². The third-order valence-electron chi connectivity index (χ3n) is 3.35. The lowest BCUT2D eigenvalue weighted by Gasteiger charge is -2.09. The Balaban J connectivity index is 1.74. The van der Waals surface area contributed by atoms with E-state index in [2.05, 4.69) is 15.6 Å². The Morgan fingerprint density at radius 3 is 2.48 bits per heavy atom. The highest BCUT2D eigenvalue weighted by Gasteiger charge is 2.06. The van der Waals surface area contributed by atoms with Gasteiger partial charge in [0, 0.05) is 23.1 Å². The van der Waals surface area contributed by atoms with Gasteiger partial charge in [-0.3, -0.25) is 9.78 Å². The average Bonchev–Trinajstić information content (AvgIpc) is 2.56. The number of pyridine rings is 1. The lowest BCUT2D eigenvalue weighted by molar-refractivity contribution is 0.102.